The number of hydrogen-bond acceptors (Lipinski definition) is 6. The van der Waals surface area contributed by atoms with Gasteiger partial charge in [-0.05, 0) is 51.7 Å². The molecule has 2 aliphatic carbocycles. The lowest BCUT2D eigenvalue weighted by atomic mass is 9.88. The second-order valence-electron chi connectivity index (χ2n) is 10.1. The predicted molar refractivity (Wildman–Crippen MR) is 122 cm³/mol. The van der Waals surface area contributed by atoms with Crippen LogP contribution < -0.4 is 5.32 Å². The number of aliphatic hydroxyl groups is 1. The molecule has 2 aromatic heterocycles. The van der Waals surface area contributed by atoms with E-state index in [0.29, 0.717) is 42.4 Å². The zero-order valence-corrected chi connectivity index (χ0v) is 19.4. The summed E-state index contributed by atoms with van der Waals surface area (Å²) in [5, 5.41) is 17.1. The zero-order chi connectivity index (χ0) is 22.6. The molecule has 7 heteroatoms. The summed E-state index contributed by atoms with van der Waals surface area (Å²) >= 11 is 0. The second kappa shape index (κ2) is 10.2. The number of rotatable bonds is 8. The summed E-state index contributed by atoms with van der Waals surface area (Å²) in [4.78, 5) is 15.7. The van der Waals surface area contributed by atoms with Crippen LogP contribution >= 0.6 is 0 Å². The minimum Gasteiger partial charge on any atom is -0.456 e. The fraction of sp³-hybridized carbons (Fsp3) is 0.680. The Morgan fingerprint density at radius 1 is 1.06 bits per heavy atom. The van der Waals surface area contributed by atoms with Crippen molar-refractivity contribution in [2.75, 3.05) is 6.54 Å². The van der Waals surface area contributed by atoms with Crippen LogP contribution in [-0.2, 0) is 6.54 Å². The van der Waals surface area contributed by atoms with E-state index in [1.807, 2.05) is 12.1 Å². The second-order valence-corrected chi connectivity index (χ2v) is 10.1. The van der Waals surface area contributed by atoms with Crippen molar-refractivity contribution in [2.24, 2.45) is 0 Å². The SMILES string of the molecule is CC(C)(O)CNCc1ccc(-c2cc(C(=O)N(C3CCCCC3)C3CCCCC3)no2)o1. The lowest BCUT2D eigenvalue weighted by Gasteiger charge is -2.41. The Hall–Kier alpha value is -2.12. The first-order chi connectivity index (χ1) is 15.4. The van der Waals surface area contributed by atoms with Crippen LogP contribution in [0.15, 0.2) is 27.1 Å². The Kier molecular flexibility index (Phi) is 7.36. The first kappa shape index (κ1) is 23.1. The third-order valence-corrected chi connectivity index (χ3v) is 6.66. The summed E-state index contributed by atoms with van der Waals surface area (Å²) in [6, 6.07) is 6.05. The number of hydrogen-bond donors (Lipinski definition) is 2. The Morgan fingerprint density at radius 2 is 1.69 bits per heavy atom. The molecule has 0 aromatic carbocycles. The monoisotopic (exact) mass is 443 g/mol. The first-order valence-corrected chi connectivity index (χ1v) is 12.2. The van der Waals surface area contributed by atoms with Gasteiger partial charge in [0, 0.05) is 24.7 Å². The highest BCUT2D eigenvalue weighted by atomic mass is 16.5. The molecule has 176 valence electrons. The lowest BCUT2D eigenvalue weighted by Crippen LogP contribution is -2.48. The van der Waals surface area contributed by atoms with Crippen LogP contribution in [0.4, 0.5) is 0 Å². The van der Waals surface area contributed by atoms with E-state index in [4.69, 9.17) is 8.94 Å². The summed E-state index contributed by atoms with van der Waals surface area (Å²) in [5.41, 5.74) is -0.410. The van der Waals surface area contributed by atoms with Gasteiger partial charge in [-0.3, -0.25) is 4.79 Å². The molecule has 0 aliphatic heterocycles. The summed E-state index contributed by atoms with van der Waals surface area (Å²) in [5.74, 6) is 1.75. The highest BCUT2D eigenvalue weighted by molar-refractivity contribution is 5.93. The van der Waals surface area contributed by atoms with E-state index in [2.05, 4.69) is 15.4 Å². The number of carbonyl (C=O) groups excluding carboxylic acids is 1. The Labute approximate surface area is 190 Å². The van der Waals surface area contributed by atoms with Gasteiger partial charge in [0.25, 0.3) is 5.91 Å². The van der Waals surface area contributed by atoms with Crippen molar-refractivity contribution in [2.45, 2.75) is 102 Å². The predicted octanol–water partition coefficient (Wildman–Crippen LogP) is 4.90. The molecule has 2 N–H and O–H groups in total. The Bertz CT molecular complexity index is 852. The van der Waals surface area contributed by atoms with Crippen LogP contribution in [-0.4, -0.2) is 45.3 Å². The molecule has 2 aromatic rings. The maximum absolute atomic E-state index is 13.6. The molecule has 2 heterocycles. The van der Waals surface area contributed by atoms with E-state index in [0.717, 1.165) is 31.4 Å². The Morgan fingerprint density at radius 3 is 2.28 bits per heavy atom. The van der Waals surface area contributed by atoms with Gasteiger partial charge in [0.1, 0.15) is 5.76 Å². The molecule has 32 heavy (non-hydrogen) atoms. The van der Waals surface area contributed by atoms with E-state index < -0.39 is 5.60 Å². The number of amides is 1. The van der Waals surface area contributed by atoms with E-state index >= 15 is 0 Å². The average Bonchev–Trinajstić information content (AvgIpc) is 3.44. The van der Waals surface area contributed by atoms with Gasteiger partial charge in [-0.2, -0.15) is 0 Å². The highest BCUT2D eigenvalue weighted by Gasteiger charge is 2.34. The maximum atomic E-state index is 13.6. The third-order valence-electron chi connectivity index (χ3n) is 6.66. The fourth-order valence-electron chi connectivity index (χ4n) is 5.07. The third kappa shape index (κ3) is 5.81. The molecule has 0 unspecified atom stereocenters. The van der Waals surface area contributed by atoms with Gasteiger partial charge < -0.3 is 24.3 Å². The molecule has 0 spiro atoms. The van der Waals surface area contributed by atoms with Crippen LogP contribution in [0.25, 0.3) is 11.5 Å². The van der Waals surface area contributed by atoms with Crippen molar-refractivity contribution in [3.8, 4) is 11.5 Å². The van der Waals surface area contributed by atoms with E-state index in [9.17, 15) is 9.90 Å². The quantitative estimate of drug-likeness (QED) is 0.603. The molecule has 2 aliphatic rings. The molecule has 7 nitrogen and oxygen atoms in total. The van der Waals surface area contributed by atoms with Crippen molar-refractivity contribution in [1.29, 1.82) is 0 Å². The van der Waals surface area contributed by atoms with Gasteiger partial charge in [0.15, 0.2) is 11.5 Å². The topological polar surface area (TPSA) is 91.7 Å². The van der Waals surface area contributed by atoms with E-state index in [1.165, 1.54) is 38.5 Å². The van der Waals surface area contributed by atoms with Gasteiger partial charge in [-0.15, -0.1) is 0 Å². The van der Waals surface area contributed by atoms with Crippen molar-refractivity contribution in [1.82, 2.24) is 15.4 Å². The summed E-state index contributed by atoms with van der Waals surface area (Å²) in [6.45, 7) is 4.47. The van der Waals surface area contributed by atoms with Crippen LogP contribution in [0.2, 0.25) is 0 Å². The van der Waals surface area contributed by atoms with Crippen LogP contribution in [0.5, 0.6) is 0 Å². The summed E-state index contributed by atoms with van der Waals surface area (Å²) in [7, 11) is 0. The van der Waals surface area contributed by atoms with Gasteiger partial charge >= 0.3 is 0 Å². The van der Waals surface area contributed by atoms with E-state index in [-0.39, 0.29) is 5.91 Å². The van der Waals surface area contributed by atoms with Crippen LogP contribution in [0, 0.1) is 0 Å². The average molecular weight is 444 g/mol. The number of nitrogens with one attached hydrogen (secondary N) is 1. The Balaban J connectivity index is 1.45. The van der Waals surface area contributed by atoms with Gasteiger partial charge in [0.05, 0.1) is 12.1 Å². The molecular formula is C25H37N3O4. The number of aromatic nitrogens is 1. The van der Waals surface area contributed by atoms with Gasteiger partial charge in [-0.25, -0.2) is 0 Å². The first-order valence-electron chi connectivity index (χ1n) is 12.2. The molecular weight excluding hydrogens is 406 g/mol. The minimum absolute atomic E-state index is 0.00239. The molecule has 0 radical (unpaired) electrons. The summed E-state index contributed by atoms with van der Waals surface area (Å²) in [6.07, 6.45) is 11.7. The highest BCUT2D eigenvalue weighted by Crippen LogP contribution is 2.32. The maximum Gasteiger partial charge on any atom is 0.276 e. The van der Waals surface area contributed by atoms with Gasteiger partial charge in [-0.1, -0.05) is 43.7 Å². The van der Waals surface area contributed by atoms with Crippen molar-refractivity contribution >= 4 is 5.91 Å². The van der Waals surface area contributed by atoms with Crippen molar-refractivity contribution in [3.63, 3.8) is 0 Å². The largest absolute Gasteiger partial charge is 0.456 e. The number of carbonyl (C=O) groups is 1. The smallest absolute Gasteiger partial charge is 0.276 e. The van der Waals surface area contributed by atoms with Crippen LogP contribution in [0.1, 0.15) is 94.3 Å². The standard InChI is InChI=1S/C25H37N3O4/c1-25(2,30)17-26-16-20-13-14-22(31-20)23-15-21(27-32-23)24(29)28(18-9-5-3-6-10-18)19-11-7-4-8-12-19/h13-15,18-19,26,30H,3-12,16-17H2,1-2H3. The zero-order valence-electron chi connectivity index (χ0n) is 19.4. The van der Waals surface area contributed by atoms with Gasteiger partial charge in [0.2, 0.25) is 5.76 Å². The molecule has 2 saturated carbocycles. The minimum atomic E-state index is -0.780. The molecule has 0 saturated heterocycles. The number of nitrogens with zero attached hydrogens (tertiary/aromatic N) is 2. The number of furan rings is 1. The van der Waals surface area contributed by atoms with Crippen LogP contribution in [0.3, 0.4) is 0 Å². The molecule has 0 atom stereocenters. The van der Waals surface area contributed by atoms with Crippen molar-refractivity contribution in [3.05, 3.63) is 29.7 Å². The fourth-order valence-corrected chi connectivity index (χ4v) is 5.07. The molecule has 4 rings (SSSR count). The van der Waals surface area contributed by atoms with E-state index in [1.54, 1.807) is 19.9 Å². The van der Waals surface area contributed by atoms with Crippen molar-refractivity contribution < 1.29 is 18.8 Å². The molecule has 2 fully saturated rings. The molecule has 0 bridgehead atoms. The summed E-state index contributed by atoms with van der Waals surface area (Å²) < 4.78 is 11.4. The molecule has 1 amide bonds. The lowest BCUT2D eigenvalue weighted by molar-refractivity contribution is 0.0438. The normalized spacial score (nSPS) is 18.7.